The summed E-state index contributed by atoms with van der Waals surface area (Å²) in [6.45, 7) is 9.98. The van der Waals surface area contributed by atoms with Crippen molar-refractivity contribution in [1.29, 1.82) is 0 Å². The molecule has 0 spiro atoms. The second-order valence-corrected chi connectivity index (χ2v) is 7.14. The fourth-order valence-corrected chi connectivity index (χ4v) is 5.25. The zero-order chi connectivity index (χ0) is 10.8. The Bertz CT molecular complexity index is 323. The third kappa shape index (κ3) is 1.04. The molecule has 0 aromatic carbocycles. The number of allylic oxidation sites excluding steroid dienone is 2. The highest BCUT2D eigenvalue weighted by Gasteiger charge is 2.64. The lowest BCUT2D eigenvalue weighted by molar-refractivity contribution is -0.138. The largest absolute Gasteiger partial charge is 0.0850 e. The molecule has 0 heteroatoms. The van der Waals surface area contributed by atoms with Crippen molar-refractivity contribution in [2.75, 3.05) is 0 Å². The highest BCUT2D eigenvalue weighted by Crippen LogP contribution is 2.72. The zero-order valence-electron chi connectivity index (χ0n) is 10.6. The van der Waals surface area contributed by atoms with E-state index < -0.39 is 0 Å². The standard InChI is InChI=1S/C15H24/c1-10-6-7-11-13-12(10)15(11,4)9-5-8-14(13,2)3/h6,11-13H,5,7-9H2,1-4H3/t11?,12?,13?,15-/m1/s1. The van der Waals surface area contributed by atoms with Crippen molar-refractivity contribution in [2.45, 2.75) is 53.4 Å². The molecule has 0 aromatic heterocycles. The van der Waals surface area contributed by atoms with Gasteiger partial charge in [0.2, 0.25) is 0 Å². The first-order chi connectivity index (χ1) is 6.97. The summed E-state index contributed by atoms with van der Waals surface area (Å²) in [5, 5.41) is 0. The second-order valence-electron chi connectivity index (χ2n) is 7.14. The summed E-state index contributed by atoms with van der Waals surface area (Å²) in [5.41, 5.74) is 2.98. The molecule has 3 unspecified atom stereocenters. The Balaban J connectivity index is 2.06. The van der Waals surface area contributed by atoms with Crippen LogP contribution < -0.4 is 0 Å². The van der Waals surface area contributed by atoms with Gasteiger partial charge < -0.3 is 0 Å². The molecular formula is C15H24. The SMILES string of the molecule is CC1=CCC2C3C1[C@]2(C)CCCC3(C)C. The van der Waals surface area contributed by atoms with Crippen molar-refractivity contribution in [2.24, 2.45) is 28.6 Å². The maximum Gasteiger partial charge on any atom is -0.0113 e. The predicted molar refractivity (Wildman–Crippen MR) is 64.6 cm³/mol. The van der Waals surface area contributed by atoms with Crippen molar-refractivity contribution in [3.8, 4) is 0 Å². The number of fused-ring (bicyclic) bond motifs is 1. The molecule has 2 saturated carbocycles. The van der Waals surface area contributed by atoms with Gasteiger partial charge in [0.25, 0.3) is 0 Å². The van der Waals surface area contributed by atoms with Gasteiger partial charge in [-0.05, 0) is 54.8 Å². The fraction of sp³-hybridized carbons (Fsp3) is 0.867. The van der Waals surface area contributed by atoms with E-state index in [-0.39, 0.29) is 0 Å². The molecule has 0 saturated heterocycles. The van der Waals surface area contributed by atoms with Gasteiger partial charge in [-0.3, -0.25) is 0 Å². The van der Waals surface area contributed by atoms with E-state index in [1.807, 2.05) is 0 Å². The summed E-state index contributed by atoms with van der Waals surface area (Å²) in [7, 11) is 0. The molecule has 15 heavy (non-hydrogen) atoms. The predicted octanol–water partition coefficient (Wildman–Crippen LogP) is 4.42. The monoisotopic (exact) mass is 204 g/mol. The molecule has 0 aromatic rings. The Morgan fingerprint density at radius 2 is 1.93 bits per heavy atom. The second kappa shape index (κ2) is 2.70. The molecule has 4 atom stereocenters. The molecule has 0 radical (unpaired) electrons. The topological polar surface area (TPSA) is 0 Å². The van der Waals surface area contributed by atoms with Gasteiger partial charge in [-0.25, -0.2) is 0 Å². The van der Waals surface area contributed by atoms with Crippen LogP contribution in [0.4, 0.5) is 0 Å². The third-order valence-electron chi connectivity index (χ3n) is 5.97. The number of hydrogen-bond acceptors (Lipinski definition) is 0. The molecule has 0 nitrogen and oxygen atoms in total. The molecule has 0 heterocycles. The van der Waals surface area contributed by atoms with Crippen molar-refractivity contribution in [3.05, 3.63) is 11.6 Å². The Labute approximate surface area is 94.1 Å². The van der Waals surface area contributed by atoms with Gasteiger partial charge in [0.05, 0.1) is 0 Å². The van der Waals surface area contributed by atoms with Gasteiger partial charge in [0, 0.05) is 0 Å². The highest BCUT2D eigenvalue weighted by molar-refractivity contribution is 5.28. The summed E-state index contributed by atoms with van der Waals surface area (Å²) < 4.78 is 0. The van der Waals surface area contributed by atoms with Crippen molar-refractivity contribution in [3.63, 3.8) is 0 Å². The molecule has 4 aliphatic carbocycles. The molecule has 4 aliphatic rings. The van der Waals surface area contributed by atoms with Crippen LogP contribution in [0.3, 0.4) is 0 Å². The first-order valence-electron chi connectivity index (χ1n) is 6.63. The molecule has 4 bridgehead atoms. The summed E-state index contributed by atoms with van der Waals surface area (Å²) in [6, 6.07) is 0. The average molecular weight is 204 g/mol. The van der Waals surface area contributed by atoms with E-state index >= 15 is 0 Å². The van der Waals surface area contributed by atoms with E-state index in [0.29, 0.717) is 10.8 Å². The molecule has 4 rings (SSSR count). The van der Waals surface area contributed by atoms with Crippen LogP contribution in [0.15, 0.2) is 11.6 Å². The lowest BCUT2D eigenvalue weighted by atomic mass is 9.38. The maximum absolute atomic E-state index is 2.57. The van der Waals surface area contributed by atoms with Crippen LogP contribution >= 0.6 is 0 Å². The van der Waals surface area contributed by atoms with E-state index in [4.69, 9.17) is 0 Å². The van der Waals surface area contributed by atoms with Gasteiger partial charge in [-0.1, -0.05) is 38.8 Å². The fourth-order valence-electron chi connectivity index (χ4n) is 5.25. The van der Waals surface area contributed by atoms with Gasteiger partial charge >= 0.3 is 0 Å². The van der Waals surface area contributed by atoms with Crippen LogP contribution in [0.2, 0.25) is 0 Å². The van der Waals surface area contributed by atoms with Crippen molar-refractivity contribution < 1.29 is 0 Å². The molecule has 2 fully saturated rings. The van der Waals surface area contributed by atoms with Gasteiger partial charge in [0.15, 0.2) is 0 Å². The summed E-state index contributed by atoms with van der Waals surface area (Å²) in [5.74, 6) is 2.92. The number of hydrogen-bond donors (Lipinski definition) is 0. The first kappa shape index (κ1) is 9.93. The van der Waals surface area contributed by atoms with Crippen molar-refractivity contribution >= 4 is 0 Å². The zero-order valence-corrected chi connectivity index (χ0v) is 10.6. The Kier molecular flexibility index (Phi) is 1.79. The molecule has 0 amide bonds. The Morgan fingerprint density at radius 3 is 2.60 bits per heavy atom. The molecule has 0 N–H and O–H groups in total. The minimum Gasteiger partial charge on any atom is -0.0850 e. The quantitative estimate of drug-likeness (QED) is 0.513. The summed E-state index contributed by atoms with van der Waals surface area (Å²) >= 11 is 0. The molecule has 0 aliphatic heterocycles. The summed E-state index contributed by atoms with van der Waals surface area (Å²) in [4.78, 5) is 0. The highest BCUT2D eigenvalue weighted by atomic mass is 14.7. The Hall–Kier alpha value is -0.260. The lowest BCUT2D eigenvalue weighted by Crippen LogP contribution is -2.60. The smallest absolute Gasteiger partial charge is 0.0113 e. The van der Waals surface area contributed by atoms with Crippen LogP contribution in [0.1, 0.15) is 53.4 Å². The van der Waals surface area contributed by atoms with E-state index in [2.05, 4.69) is 33.8 Å². The van der Waals surface area contributed by atoms with Crippen LogP contribution in [0.25, 0.3) is 0 Å². The van der Waals surface area contributed by atoms with Crippen LogP contribution in [-0.2, 0) is 0 Å². The molecule has 84 valence electrons. The van der Waals surface area contributed by atoms with Crippen LogP contribution in [0, 0.1) is 28.6 Å². The van der Waals surface area contributed by atoms with Gasteiger partial charge in [-0.15, -0.1) is 0 Å². The minimum atomic E-state index is 0.598. The maximum atomic E-state index is 2.57. The lowest BCUT2D eigenvalue weighted by Gasteiger charge is -2.66. The van der Waals surface area contributed by atoms with E-state index in [9.17, 15) is 0 Å². The van der Waals surface area contributed by atoms with E-state index in [1.165, 1.54) is 25.7 Å². The van der Waals surface area contributed by atoms with E-state index in [1.54, 1.807) is 5.57 Å². The average Bonchev–Trinajstić information content (AvgIpc) is 2.30. The molecular weight excluding hydrogens is 180 g/mol. The van der Waals surface area contributed by atoms with Crippen LogP contribution in [0.5, 0.6) is 0 Å². The first-order valence-corrected chi connectivity index (χ1v) is 6.63. The van der Waals surface area contributed by atoms with Crippen LogP contribution in [-0.4, -0.2) is 0 Å². The summed E-state index contributed by atoms with van der Waals surface area (Å²) in [6.07, 6.45) is 8.28. The normalized spacial score (nSPS) is 51.5. The van der Waals surface area contributed by atoms with Gasteiger partial charge in [-0.2, -0.15) is 0 Å². The number of rotatable bonds is 0. The van der Waals surface area contributed by atoms with Gasteiger partial charge in [0.1, 0.15) is 0 Å². The van der Waals surface area contributed by atoms with E-state index in [0.717, 1.165) is 17.8 Å². The third-order valence-corrected chi connectivity index (χ3v) is 5.97. The minimum absolute atomic E-state index is 0.598. The Morgan fingerprint density at radius 1 is 1.20 bits per heavy atom. The van der Waals surface area contributed by atoms with Crippen molar-refractivity contribution in [1.82, 2.24) is 0 Å².